The van der Waals surface area contributed by atoms with Crippen LogP contribution in [0.1, 0.15) is 20.8 Å². The number of non-ortho nitro benzene ring substituents is 1. The van der Waals surface area contributed by atoms with Crippen molar-refractivity contribution in [3.05, 3.63) is 34.4 Å². The second-order valence-electron chi connectivity index (χ2n) is 4.91. The second-order valence-corrected chi connectivity index (χ2v) is 6.37. The van der Waals surface area contributed by atoms with Crippen molar-refractivity contribution in [3.63, 3.8) is 0 Å². The predicted molar refractivity (Wildman–Crippen MR) is 68.8 cm³/mol. The minimum atomic E-state index is -1.45. The molecule has 0 amide bonds. The summed E-state index contributed by atoms with van der Waals surface area (Å²) >= 11 is 0. The average molecular weight is 269 g/mol. The molecule has 0 radical (unpaired) electrons. The van der Waals surface area contributed by atoms with Gasteiger partial charge in [-0.3, -0.25) is 19.1 Å². The predicted octanol–water partition coefficient (Wildman–Crippen LogP) is 2.32. The summed E-state index contributed by atoms with van der Waals surface area (Å²) in [5, 5.41) is 10.5. The minimum absolute atomic E-state index is 0.0575. The normalized spacial score (nSPS) is 13.1. The fourth-order valence-electron chi connectivity index (χ4n) is 1.14. The number of rotatable bonds is 4. The van der Waals surface area contributed by atoms with E-state index in [1.807, 2.05) is 0 Å². The van der Waals surface area contributed by atoms with E-state index in [1.54, 1.807) is 20.8 Å². The Morgan fingerprint density at radius 1 is 1.28 bits per heavy atom. The van der Waals surface area contributed by atoms with Crippen LogP contribution < -0.4 is 0 Å². The lowest BCUT2D eigenvalue weighted by molar-refractivity contribution is -0.384. The Morgan fingerprint density at radius 3 is 2.17 bits per heavy atom. The molecule has 1 aromatic carbocycles. The van der Waals surface area contributed by atoms with Gasteiger partial charge >= 0.3 is 0 Å². The maximum absolute atomic E-state index is 11.9. The van der Waals surface area contributed by atoms with E-state index in [4.69, 9.17) is 0 Å². The number of Topliss-reactive ketones (excluding diaryl/α,β-unsaturated/α-hetero) is 1. The number of hydrogen-bond donors (Lipinski definition) is 0. The molecule has 1 unspecified atom stereocenters. The van der Waals surface area contributed by atoms with Crippen LogP contribution in [0.4, 0.5) is 5.69 Å². The molecule has 1 aromatic rings. The SMILES string of the molecule is CC(C)(C)C(=O)CS(=O)c1ccc([N+](=O)[O-])cc1. The van der Waals surface area contributed by atoms with Crippen molar-refractivity contribution in [2.75, 3.05) is 5.75 Å². The van der Waals surface area contributed by atoms with Gasteiger partial charge in [-0.05, 0) is 12.1 Å². The molecule has 0 saturated heterocycles. The third-order valence-electron chi connectivity index (χ3n) is 2.41. The number of nitrogens with zero attached hydrogens (tertiary/aromatic N) is 1. The van der Waals surface area contributed by atoms with Crippen molar-refractivity contribution in [1.29, 1.82) is 0 Å². The highest BCUT2D eigenvalue weighted by molar-refractivity contribution is 7.85. The molecular formula is C12H15NO4S. The number of carbonyl (C=O) groups is 1. The van der Waals surface area contributed by atoms with Crippen LogP contribution in [-0.2, 0) is 15.6 Å². The summed E-state index contributed by atoms with van der Waals surface area (Å²) in [6.45, 7) is 5.30. The van der Waals surface area contributed by atoms with Crippen LogP contribution in [-0.4, -0.2) is 20.7 Å². The molecule has 1 rings (SSSR count). The molecule has 0 fully saturated rings. The van der Waals surface area contributed by atoms with Crippen molar-refractivity contribution in [2.24, 2.45) is 5.41 Å². The van der Waals surface area contributed by atoms with E-state index in [9.17, 15) is 19.1 Å². The maximum Gasteiger partial charge on any atom is 0.269 e. The lowest BCUT2D eigenvalue weighted by atomic mass is 9.92. The lowest BCUT2D eigenvalue weighted by Crippen LogP contribution is -2.25. The van der Waals surface area contributed by atoms with Crippen molar-refractivity contribution < 1.29 is 13.9 Å². The molecule has 6 heteroatoms. The van der Waals surface area contributed by atoms with Gasteiger partial charge in [-0.15, -0.1) is 0 Å². The lowest BCUT2D eigenvalue weighted by Gasteiger charge is -2.15. The molecule has 1 atom stereocenters. The van der Waals surface area contributed by atoms with Gasteiger partial charge in [-0.2, -0.15) is 0 Å². The summed E-state index contributed by atoms with van der Waals surface area (Å²) in [4.78, 5) is 22.1. The van der Waals surface area contributed by atoms with Gasteiger partial charge in [0.15, 0.2) is 5.78 Å². The number of benzene rings is 1. The number of ketones is 1. The molecule has 0 aromatic heterocycles. The van der Waals surface area contributed by atoms with Crippen LogP contribution >= 0.6 is 0 Å². The standard InChI is InChI=1S/C12H15NO4S/c1-12(2,3)11(14)8-18(17)10-6-4-9(5-7-10)13(15)16/h4-7H,8H2,1-3H3. The summed E-state index contributed by atoms with van der Waals surface area (Å²) in [5.74, 6) is -0.166. The van der Waals surface area contributed by atoms with Gasteiger partial charge in [-0.25, -0.2) is 0 Å². The van der Waals surface area contributed by atoms with Crippen LogP contribution in [0.25, 0.3) is 0 Å². The molecule has 18 heavy (non-hydrogen) atoms. The zero-order valence-corrected chi connectivity index (χ0v) is 11.3. The monoisotopic (exact) mass is 269 g/mol. The Kier molecular flexibility index (Phi) is 4.34. The van der Waals surface area contributed by atoms with Crippen LogP contribution in [0.5, 0.6) is 0 Å². The molecule has 5 nitrogen and oxygen atoms in total. The Morgan fingerprint density at radius 2 is 1.78 bits per heavy atom. The zero-order valence-electron chi connectivity index (χ0n) is 10.5. The highest BCUT2D eigenvalue weighted by atomic mass is 32.2. The zero-order chi connectivity index (χ0) is 13.9. The highest BCUT2D eigenvalue weighted by Crippen LogP contribution is 2.19. The first-order valence-corrected chi connectivity index (χ1v) is 6.70. The van der Waals surface area contributed by atoms with Gasteiger partial charge < -0.3 is 0 Å². The van der Waals surface area contributed by atoms with E-state index < -0.39 is 21.1 Å². The molecule has 0 N–H and O–H groups in total. The van der Waals surface area contributed by atoms with Crippen molar-refractivity contribution in [1.82, 2.24) is 0 Å². The minimum Gasteiger partial charge on any atom is -0.298 e. The Balaban J connectivity index is 2.80. The largest absolute Gasteiger partial charge is 0.298 e. The van der Waals surface area contributed by atoms with Crippen molar-refractivity contribution in [2.45, 2.75) is 25.7 Å². The fraction of sp³-hybridized carbons (Fsp3) is 0.417. The van der Waals surface area contributed by atoms with Crippen LogP contribution in [0, 0.1) is 15.5 Å². The third-order valence-corrected chi connectivity index (χ3v) is 3.73. The van der Waals surface area contributed by atoms with Crippen molar-refractivity contribution in [3.8, 4) is 0 Å². The summed E-state index contributed by atoms with van der Waals surface area (Å²) < 4.78 is 11.9. The van der Waals surface area contributed by atoms with E-state index in [0.717, 1.165) is 0 Å². The van der Waals surface area contributed by atoms with Crippen LogP contribution in [0.3, 0.4) is 0 Å². The molecule has 0 spiro atoms. The number of carbonyl (C=O) groups excluding carboxylic acids is 1. The first-order chi connectivity index (χ1) is 8.21. The van der Waals surface area contributed by atoms with Gasteiger partial charge in [0, 0.05) is 22.4 Å². The average Bonchev–Trinajstić information content (AvgIpc) is 2.27. The molecule has 0 heterocycles. The Labute approximate surface area is 108 Å². The molecule has 0 aliphatic rings. The highest BCUT2D eigenvalue weighted by Gasteiger charge is 2.23. The smallest absolute Gasteiger partial charge is 0.269 e. The first kappa shape index (κ1) is 14.5. The number of nitro groups is 1. The molecule has 0 saturated carbocycles. The van der Waals surface area contributed by atoms with Gasteiger partial charge in [0.1, 0.15) is 0 Å². The number of nitro benzene ring substituents is 1. The van der Waals surface area contributed by atoms with Gasteiger partial charge in [0.25, 0.3) is 5.69 Å². The Hall–Kier alpha value is -1.56. The van der Waals surface area contributed by atoms with Gasteiger partial charge in [0.05, 0.1) is 21.5 Å². The Bertz CT molecular complexity index is 488. The second kappa shape index (κ2) is 5.39. The van der Waals surface area contributed by atoms with E-state index >= 15 is 0 Å². The first-order valence-electron chi connectivity index (χ1n) is 5.38. The van der Waals surface area contributed by atoms with E-state index in [-0.39, 0.29) is 17.2 Å². The summed E-state index contributed by atoms with van der Waals surface area (Å²) in [7, 11) is -1.45. The molecular weight excluding hydrogens is 254 g/mol. The molecule has 0 bridgehead atoms. The third kappa shape index (κ3) is 3.73. The quantitative estimate of drug-likeness (QED) is 0.620. The van der Waals surface area contributed by atoms with Gasteiger partial charge in [-0.1, -0.05) is 20.8 Å². The summed E-state index contributed by atoms with van der Waals surface area (Å²) in [5.41, 5.74) is -0.589. The van der Waals surface area contributed by atoms with Crippen molar-refractivity contribution >= 4 is 22.3 Å². The molecule has 0 aliphatic heterocycles. The van der Waals surface area contributed by atoms with Crippen LogP contribution in [0.15, 0.2) is 29.2 Å². The molecule has 0 aliphatic carbocycles. The molecule has 98 valence electrons. The van der Waals surface area contributed by atoms with Gasteiger partial charge in [0.2, 0.25) is 0 Å². The fourth-order valence-corrected chi connectivity index (χ4v) is 2.42. The maximum atomic E-state index is 11.9. The van der Waals surface area contributed by atoms with E-state index in [2.05, 4.69) is 0 Å². The number of hydrogen-bond acceptors (Lipinski definition) is 4. The van der Waals surface area contributed by atoms with Crippen LogP contribution in [0.2, 0.25) is 0 Å². The summed E-state index contributed by atoms with van der Waals surface area (Å²) in [6, 6.07) is 5.41. The van der Waals surface area contributed by atoms with E-state index in [0.29, 0.717) is 4.90 Å². The topological polar surface area (TPSA) is 77.3 Å². The summed E-state index contributed by atoms with van der Waals surface area (Å²) in [6.07, 6.45) is 0. The van der Waals surface area contributed by atoms with E-state index in [1.165, 1.54) is 24.3 Å².